The Morgan fingerprint density at radius 1 is 1.56 bits per heavy atom. The Bertz CT molecular complexity index is 506. The van der Waals surface area contributed by atoms with Crippen LogP contribution in [-0.2, 0) is 0 Å². The number of aliphatic hydroxyl groups excluding tert-OH is 2. The van der Waals surface area contributed by atoms with Gasteiger partial charge in [0.05, 0.1) is 25.3 Å². The third-order valence-corrected chi connectivity index (χ3v) is 2.38. The molecule has 1 aromatic rings. The molecule has 0 aliphatic rings. The van der Waals surface area contributed by atoms with Gasteiger partial charge in [0, 0.05) is 4.91 Å². The number of rotatable bonds is 5. The number of hydrogen-bond donors (Lipinski definition) is 2. The normalized spacial score (nSPS) is 13.0. The molecule has 18 heavy (non-hydrogen) atoms. The Kier molecular flexibility index (Phi) is 4.96. The molecule has 0 aliphatic carbocycles. The van der Waals surface area contributed by atoms with Crippen LogP contribution < -0.4 is 4.74 Å². The summed E-state index contributed by atoms with van der Waals surface area (Å²) in [5.41, 5.74) is 8.84. The van der Waals surface area contributed by atoms with E-state index in [0.717, 1.165) is 0 Å². The van der Waals surface area contributed by atoms with Crippen molar-refractivity contribution >= 4 is 0 Å². The van der Waals surface area contributed by atoms with Crippen molar-refractivity contribution in [3.63, 3.8) is 0 Å². The maximum atomic E-state index is 9.83. The summed E-state index contributed by atoms with van der Waals surface area (Å²) in [5.74, 6) is 0.310. The van der Waals surface area contributed by atoms with Gasteiger partial charge < -0.3 is 14.9 Å². The number of benzene rings is 1. The van der Waals surface area contributed by atoms with Gasteiger partial charge in [-0.1, -0.05) is 11.2 Å². The molecule has 0 heterocycles. The zero-order chi connectivity index (χ0) is 13.5. The lowest BCUT2D eigenvalue weighted by Crippen LogP contribution is -2.21. The molecule has 1 aromatic carbocycles. The summed E-state index contributed by atoms with van der Waals surface area (Å²) in [5, 5.41) is 31.4. The summed E-state index contributed by atoms with van der Waals surface area (Å²) in [6.45, 7) is -0.236. The van der Waals surface area contributed by atoms with E-state index < -0.39 is 12.2 Å². The largest absolute Gasteiger partial charge is 0.495 e. The van der Waals surface area contributed by atoms with Crippen molar-refractivity contribution in [2.24, 2.45) is 5.11 Å². The van der Waals surface area contributed by atoms with E-state index in [4.69, 9.17) is 15.5 Å². The second-order valence-electron chi connectivity index (χ2n) is 3.50. The molecule has 0 aromatic heterocycles. The predicted octanol–water partition coefficient (Wildman–Crippen LogP) is 1.27. The fourth-order valence-electron chi connectivity index (χ4n) is 1.43. The number of ether oxygens (including phenoxy) is 1. The maximum Gasteiger partial charge on any atom is 0.136 e. The van der Waals surface area contributed by atoms with Crippen molar-refractivity contribution in [3.8, 4) is 11.8 Å². The van der Waals surface area contributed by atoms with E-state index in [1.807, 2.05) is 6.07 Å². The minimum atomic E-state index is -1.21. The van der Waals surface area contributed by atoms with Crippen molar-refractivity contribution in [3.05, 3.63) is 39.8 Å². The highest BCUT2D eigenvalue weighted by Gasteiger charge is 2.19. The smallest absolute Gasteiger partial charge is 0.136 e. The van der Waals surface area contributed by atoms with Crippen LogP contribution in [0, 0.1) is 11.3 Å². The average Bonchev–Trinajstić information content (AvgIpc) is 2.42. The Hall–Kier alpha value is -2.26. The van der Waals surface area contributed by atoms with Gasteiger partial charge in [-0.25, -0.2) is 0 Å². The van der Waals surface area contributed by atoms with E-state index in [1.165, 1.54) is 25.3 Å². The van der Waals surface area contributed by atoms with E-state index in [9.17, 15) is 10.2 Å². The molecule has 2 unspecified atom stereocenters. The molecule has 2 N–H and O–H groups in total. The zero-order valence-corrected chi connectivity index (χ0v) is 9.69. The lowest BCUT2D eigenvalue weighted by molar-refractivity contribution is 0.0243. The topological polar surface area (TPSA) is 122 Å². The fourth-order valence-corrected chi connectivity index (χ4v) is 1.43. The van der Waals surface area contributed by atoms with E-state index in [-0.39, 0.29) is 6.54 Å². The Morgan fingerprint density at radius 3 is 2.83 bits per heavy atom. The van der Waals surface area contributed by atoms with Crippen molar-refractivity contribution < 1.29 is 14.9 Å². The standard InChI is InChI=1S/C11H12N4O3/c1-18-10-4-7(2-3-8(10)5-12)11(17)9(16)6-14-15-13/h2-4,9,11,16-17H,6H2,1H3. The van der Waals surface area contributed by atoms with Gasteiger partial charge in [0.25, 0.3) is 0 Å². The maximum absolute atomic E-state index is 9.83. The SMILES string of the molecule is COc1cc(C(O)C(O)CN=[N+]=[N-])ccc1C#N. The monoisotopic (exact) mass is 248 g/mol. The second-order valence-corrected chi connectivity index (χ2v) is 3.50. The molecule has 7 heteroatoms. The first-order chi connectivity index (χ1) is 8.63. The van der Waals surface area contributed by atoms with Gasteiger partial charge in [0.15, 0.2) is 0 Å². The summed E-state index contributed by atoms with van der Waals surface area (Å²) in [7, 11) is 1.41. The molecule has 0 radical (unpaired) electrons. The van der Waals surface area contributed by atoms with Crippen LogP contribution in [-0.4, -0.2) is 30.0 Å². The molecule has 7 nitrogen and oxygen atoms in total. The summed E-state index contributed by atoms with van der Waals surface area (Å²) in [6, 6.07) is 6.39. The number of azide groups is 1. The van der Waals surface area contributed by atoms with Crippen molar-refractivity contribution in [1.29, 1.82) is 5.26 Å². The molecular weight excluding hydrogens is 236 g/mol. The molecular formula is C11H12N4O3. The summed E-state index contributed by atoms with van der Waals surface area (Å²) >= 11 is 0. The third kappa shape index (κ3) is 3.12. The third-order valence-electron chi connectivity index (χ3n) is 2.38. The van der Waals surface area contributed by atoms with Crippen LogP contribution in [0.15, 0.2) is 23.3 Å². The number of nitriles is 1. The Balaban J connectivity index is 2.96. The number of hydrogen-bond acceptors (Lipinski definition) is 5. The quantitative estimate of drug-likeness (QED) is 0.462. The van der Waals surface area contributed by atoms with Gasteiger partial charge in [-0.05, 0) is 23.2 Å². The van der Waals surface area contributed by atoms with Crippen molar-refractivity contribution in [2.75, 3.05) is 13.7 Å². The molecule has 2 atom stereocenters. The minimum Gasteiger partial charge on any atom is -0.495 e. The summed E-state index contributed by atoms with van der Waals surface area (Å²) < 4.78 is 4.99. The fraction of sp³-hybridized carbons (Fsp3) is 0.364. The molecule has 0 amide bonds. The van der Waals surface area contributed by atoms with E-state index in [1.54, 1.807) is 0 Å². The number of aliphatic hydroxyl groups is 2. The van der Waals surface area contributed by atoms with Crippen LogP contribution in [0.5, 0.6) is 5.75 Å². The number of nitrogens with zero attached hydrogens (tertiary/aromatic N) is 4. The van der Waals surface area contributed by atoms with Gasteiger partial charge in [-0.15, -0.1) is 0 Å². The van der Waals surface area contributed by atoms with Gasteiger partial charge in [0.1, 0.15) is 17.9 Å². The Morgan fingerprint density at radius 2 is 2.28 bits per heavy atom. The van der Waals surface area contributed by atoms with Gasteiger partial charge >= 0.3 is 0 Å². The van der Waals surface area contributed by atoms with Crippen molar-refractivity contribution in [2.45, 2.75) is 12.2 Å². The predicted molar refractivity (Wildman–Crippen MR) is 62.7 cm³/mol. The lowest BCUT2D eigenvalue weighted by atomic mass is 10.0. The summed E-state index contributed by atoms with van der Waals surface area (Å²) in [4.78, 5) is 2.50. The van der Waals surface area contributed by atoms with Crippen LogP contribution in [0.4, 0.5) is 0 Å². The molecule has 0 spiro atoms. The van der Waals surface area contributed by atoms with Crippen LogP contribution in [0.2, 0.25) is 0 Å². The Labute approximate surface area is 103 Å². The molecule has 94 valence electrons. The summed E-state index contributed by atoms with van der Waals surface area (Å²) in [6.07, 6.45) is -2.42. The van der Waals surface area contributed by atoms with E-state index in [0.29, 0.717) is 16.9 Å². The molecule has 0 fully saturated rings. The highest BCUT2D eigenvalue weighted by molar-refractivity contribution is 5.45. The average molecular weight is 248 g/mol. The molecule has 0 saturated carbocycles. The van der Waals surface area contributed by atoms with E-state index in [2.05, 4.69) is 10.0 Å². The first-order valence-corrected chi connectivity index (χ1v) is 5.09. The lowest BCUT2D eigenvalue weighted by Gasteiger charge is -2.17. The van der Waals surface area contributed by atoms with Crippen LogP contribution in [0.3, 0.4) is 0 Å². The van der Waals surface area contributed by atoms with E-state index >= 15 is 0 Å². The van der Waals surface area contributed by atoms with Gasteiger partial charge in [0.2, 0.25) is 0 Å². The molecule has 0 aliphatic heterocycles. The molecule has 0 saturated heterocycles. The van der Waals surface area contributed by atoms with Crippen molar-refractivity contribution in [1.82, 2.24) is 0 Å². The highest BCUT2D eigenvalue weighted by atomic mass is 16.5. The van der Waals surface area contributed by atoms with Gasteiger partial charge in [-0.2, -0.15) is 5.26 Å². The first kappa shape index (κ1) is 13.8. The highest BCUT2D eigenvalue weighted by Crippen LogP contribution is 2.25. The van der Waals surface area contributed by atoms with Crippen LogP contribution in [0.1, 0.15) is 17.2 Å². The van der Waals surface area contributed by atoms with Crippen LogP contribution >= 0.6 is 0 Å². The minimum absolute atomic E-state index is 0.236. The second kappa shape index (κ2) is 6.47. The van der Waals surface area contributed by atoms with Crippen LogP contribution in [0.25, 0.3) is 10.4 Å². The van der Waals surface area contributed by atoms with Gasteiger partial charge in [-0.3, -0.25) is 0 Å². The molecule has 0 bridgehead atoms. The number of methoxy groups -OCH3 is 1. The first-order valence-electron chi connectivity index (χ1n) is 5.09. The molecule has 1 rings (SSSR count). The zero-order valence-electron chi connectivity index (χ0n) is 9.69.